The van der Waals surface area contributed by atoms with Gasteiger partial charge in [0.25, 0.3) is 5.91 Å². The van der Waals surface area contributed by atoms with Crippen molar-refractivity contribution in [2.45, 2.75) is 39.7 Å². The van der Waals surface area contributed by atoms with Crippen LogP contribution in [0.25, 0.3) is 5.69 Å². The van der Waals surface area contributed by atoms with Crippen LogP contribution in [-0.2, 0) is 14.3 Å². The van der Waals surface area contributed by atoms with Crippen LogP contribution in [0.3, 0.4) is 0 Å². The average Bonchev–Trinajstić information content (AvgIpc) is 3.07. The van der Waals surface area contributed by atoms with Gasteiger partial charge in [-0.2, -0.15) is 0 Å². The second-order valence-electron chi connectivity index (χ2n) is 7.56. The van der Waals surface area contributed by atoms with Crippen LogP contribution in [0.1, 0.15) is 41.5 Å². The van der Waals surface area contributed by atoms with Gasteiger partial charge in [-0.15, -0.1) is 0 Å². The zero-order valence-electron chi connectivity index (χ0n) is 18.2. The summed E-state index contributed by atoms with van der Waals surface area (Å²) in [5, 5.41) is 2.87. The van der Waals surface area contributed by atoms with Crippen molar-refractivity contribution in [2.75, 3.05) is 26.3 Å². The standard InChI is InChI=1S/C23H29N3O5/c1-4-30-23(29)25-12-10-18(11-13-25)24-21(27)15-31-22(28)20-14-16(2)26(17(20)3)19-8-6-5-7-9-19/h5-9,14,18H,4,10-13,15H2,1-3H3,(H,24,27). The molecular weight excluding hydrogens is 398 g/mol. The van der Waals surface area contributed by atoms with Crippen molar-refractivity contribution >= 4 is 18.0 Å². The summed E-state index contributed by atoms with van der Waals surface area (Å²) in [7, 11) is 0. The SMILES string of the molecule is CCOC(=O)N1CCC(NC(=O)COC(=O)c2cc(C)n(-c3ccccc3)c2C)CC1. The number of nitrogens with one attached hydrogen (secondary N) is 1. The summed E-state index contributed by atoms with van der Waals surface area (Å²) in [5.74, 6) is -0.873. The number of ether oxygens (including phenoxy) is 2. The van der Waals surface area contributed by atoms with Gasteiger partial charge in [0, 0.05) is 36.2 Å². The Morgan fingerprint density at radius 2 is 1.74 bits per heavy atom. The number of aryl methyl sites for hydroxylation is 1. The van der Waals surface area contributed by atoms with Crippen LogP contribution >= 0.6 is 0 Å². The second kappa shape index (κ2) is 10.1. The number of esters is 1. The monoisotopic (exact) mass is 427 g/mol. The lowest BCUT2D eigenvalue weighted by molar-refractivity contribution is -0.125. The molecule has 2 amide bonds. The molecule has 0 bridgehead atoms. The third-order valence-corrected chi connectivity index (χ3v) is 5.39. The van der Waals surface area contributed by atoms with E-state index < -0.39 is 5.97 Å². The summed E-state index contributed by atoms with van der Waals surface area (Å²) in [6.07, 6.45) is 0.947. The van der Waals surface area contributed by atoms with Crippen LogP contribution < -0.4 is 5.32 Å². The molecular formula is C23H29N3O5. The Hall–Kier alpha value is -3.29. The average molecular weight is 428 g/mol. The molecule has 1 aliphatic rings. The summed E-state index contributed by atoms with van der Waals surface area (Å²) in [6.45, 7) is 6.59. The van der Waals surface area contributed by atoms with E-state index in [1.165, 1.54) is 0 Å². The first kappa shape index (κ1) is 22.4. The van der Waals surface area contributed by atoms with E-state index in [2.05, 4.69) is 5.32 Å². The highest BCUT2D eigenvalue weighted by atomic mass is 16.6. The molecule has 0 atom stereocenters. The first-order valence-electron chi connectivity index (χ1n) is 10.5. The molecule has 1 saturated heterocycles. The van der Waals surface area contributed by atoms with Crippen molar-refractivity contribution in [3.63, 3.8) is 0 Å². The number of benzene rings is 1. The number of amides is 2. The zero-order valence-corrected chi connectivity index (χ0v) is 18.2. The quantitative estimate of drug-likeness (QED) is 0.716. The van der Waals surface area contributed by atoms with Gasteiger partial charge in [0.15, 0.2) is 6.61 Å². The highest BCUT2D eigenvalue weighted by Crippen LogP contribution is 2.21. The van der Waals surface area contributed by atoms with E-state index in [4.69, 9.17) is 9.47 Å². The number of carbonyl (C=O) groups is 3. The number of hydrogen-bond acceptors (Lipinski definition) is 5. The highest BCUT2D eigenvalue weighted by molar-refractivity contribution is 5.93. The molecule has 31 heavy (non-hydrogen) atoms. The van der Waals surface area contributed by atoms with E-state index in [-0.39, 0.29) is 24.6 Å². The van der Waals surface area contributed by atoms with Gasteiger partial charge < -0.3 is 24.3 Å². The molecule has 0 radical (unpaired) electrons. The Morgan fingerprint density at radius 3 is 2.39 bits per heavy atom. The van der Waals surface area contributed by atoms with Crippen molar-refractivity contribution in [2.24, 2.45) is 0 Å². The Balaban J connectivity index is 1.50. The van der Waals surface area contributed by atoms with E-state index in [1.54, 1.807) is 17.9 Å². The number of hydrogen-bond donors (Lipinski definition) is 1. The molecule has 3 rings (SSSR count). The normalized spacial score (nSPS) is 14.2. The Kier molecular flexibility index (Phi) is 7.33. The lowest BCUT2D eigenvalue weighted by atomic mass is 10.1. The van der Waals surface area contributed by atoms with Gasteiger partial charge in [0.2, 0.25) is 0 Å². The molecule has 1 fully saturated rings. The Bertz CT molecular complexity index is 930. The first-order chi connectivity index (χ1) is 14.9. The summed E-state index contributed by atoms with van der Waals surface area (Å²) >= 11 is 0. The van der Waals surface area contributed by atoms with E-state index >= 15 is 0 Å². The number of nitrogens with zero attached hydrogens (tertiary/aromatic N) is 2. The topological polar surface area (TPSA) is 89.9 Å². The lowest BCUT2D eigenvalue weighted by Crippen LogP contribution is -2.47. The number of para-hydroxylation sites is 1. The molecule has 0 saturated carbocycles. The van der Waals surface area contributed by atoms with Crippen molar-refractivity contribution in [1.29, 1.82) is 0 Å². The van der Waals surface area contributed by atoms with Gasteiger partial charge in [0.1, 0.15) is 0 Å². The molecule has 2 aromatic rings. The molecule has 1 N–H and O–H groups in total. The molecule has 0 aliphatic carbocycles. The number of aromatic nitrogens is 1. The van der Waals surface area contributed by atoms with Gasteiger partial charge in [-0.05, 0) is 51.8 Å². The molecule has 1 aromatic carbocycles. The van der Waals surface area contributed by atoms with Gasteiger partial charge in [-0.1, -0.05) is 18.2 Å². The van der Waals surface area contributed by atoms with Crippen molar-refractivity contribution in [3.05, 3.63) is 53.3 Å². The summed E-state index contributed by atoms with van der Waals surface area (Å²) in [6, 6.07) is 11.5. The maximum absolute atomic E-state index is 12.6. The molecule has 1 aromatic heterocycles. The van der Waals surface area contributed by atoms with Crippen LogP contribution in [-0.4, -0.2) is 59.8 Å². The third kappa shape index (κ3) is 5.45. The third-order valence-electron chi connectivity index (χ3n) is 5.39. The highest BCUT2D eigenvalue weighted by Gasteiger charge is 2.25. The smallest absolute Gasteiger partial charge is 0.409 e. The number of rotatable bonds is 6. The van der Waals surface area contributed by atoms with E-state index in [0.29, 0.717) is 38.1 Å². The van der Waals surface area contributed by atoms with Crippen LogP contribution in [0.5, 0.6) is 0 Å². The number of likely N-dealkylation sites (tertiary alicyclic amines) is 1. The molecule has 0 unspecified atom stereocenters. The van der Waals surface area contributed by atoms with Crippen LogP contribution in [0.4, 0.5) is 4.79 Å². The molecule has 8 nitrogen and oxygen atoms in total. The first-order valence-corrected chi connectivity index (χ1v) is 10.5. The summed E-state index contributed by atoms with van der Waals surface area (Å²) < 4.78 is 12.2. The number of carbonyl (C=O) groups excluding carboxylic acids is 3. The van der Waals surface area contributed by atoms with E-state index in [1.807, 2.05) is 48.7 Å². The minimum atomic E-state index is -0.525. The van der Waals surface area contributed by atoms with Gasteiger partial charge >= 0.3 is 12.1 Å². The van der Waals surface area contributed by atoms with E-state index in [0.717, 1.165) is 17.1 Å². The van der Waals surface area contributed by atoms with Gasteiger partial charge in [-0.3, -0.25) is 4.79 Å². The molecule has 0 spiro atoms. The minimum Gasteiger partial charge on any atom is -0.452 e. The van der Waals surface area contributed by atoms with Crippen molar-refractivity contribution in [3.8, 4) is 5.69 Å². The maximum atomic E-state index is 12.6. The lowest BCUT2D eigenvalue weighted by Gasteiger charge is -2.31. The Labute approximate surface area is 182 Å². The predicted molar refractivity (Wildman–Crippen MR) is 115 cm³/mol. The van der Waals surface area contributed by atoms with Crippen molar-refractivity contribution in [1.82, 2.24) is 14.8 Å². The number of piperidine rings is 1. The summed E-state index contributed by atoms with van der Waals surface area (Å²) in [4.78, 5) is 38.2. The van der Waals surface area contributed by atoms with Crippen molar-refractivity contribution < 1.29 is 23.9 Å². The zero-order chi connectivity index (χ0) is 22.4. The second-order valence-corrected chi connectivity index (χ2v) is 7.56. The van der Waals surface area contributed by atoms with Gasteiger partial charge in [0.05, 0.1) is 12.2 Å². The fourth-order valence-electron chi connectivity index (χ4n) is 3.84. The fourth-order valence-corrected chi connectivity index (χ4v) is 3.84. The minimum absolute atomic E-state index is 0.0555. The maximum Gasteiger partial charge on any atom is 0.409 e. The van der Waals surface area contributed by atoms with Gasteiger partial charge in [-0.25, -0.2) is 9.59 Å². The predicted octanol–water partition coefficient (Wildman–Crippen LogP) is 2.99. The molecule has 8 heteroatoms. The van der Waals surface area contributed by atoms with E-state index in [9.17, 15) is 14.4 Å². The van der Waals surface area contributed by atoms with Crippen LogP contribution in [0, 0.1) is 13.8 Å². The molecule has 166 valence electrons. The summed E-state index contributed by atoms with van der Waals surface area (Å²) in [5.41, 5.74) is 3.08. The van der Waals surface area contributed by atoms with Crippen LogP contribution in [0.2, 0.25) is 0 Å². The molecule has 2 heterocycles. The van der Waals surface area contributed by atoms with Crippen LogP contribution in [0.15, 0.2) is 36.4 Å². The largest absolute Gasteiger partial charge is 0.452 e. The molecule has 1 aliphatic heterocycles. The Morgan fingerprint density at radius 1 is 1.06 bits per heavy atom. The fraction of sp³-hybridized carbons (Fsp3) is 0.435.